The van der Waals surface area contributed by atoms with E-state index in [1.54, 1.807) is 29.6 Å². The molecule has 7 nitrogen and oxygen atoms in total. The van der Waals surface area contributed by atoms with Crippen molar-refractivity contribution in [1.82, 2.24) is 4.90 Å². The van der Waals surface area contributed by atoms with Gasteiger partial charge in [-0.3, -0.25) is 14.5 Å². The second-order valence-corrected chi connectivity index (χ2v) is 11.0. The van der Waals surface area contributed by atoms with Gasteiger partial charge in [0.15, 0.2) is 5.78 Å². The first-order valence-corrected chi connectivity index (χ1v) is 14.6. The Hall–Kier alpha value is -4.05. The highest BCUT2D eigenvalue weighted by Crippen LogP contribution is 2.31. The van der Waals surface area contributed by atoms with Crippen LogP contribution in [0.3, 0.4) is 0 Å². The summed E-state index contributed by atoms with van der Waals surface area (Å²) >= 11 is 1.29. The lowest BCUT2D eigenvalue weighted by Gasteiger charge is -2.26. The summed E-state index contributed by atoms with van der Waals surface area (Å²) in [4.78, 5) is 28.8. The minimum atomic E-state index is -0.518. The fraction of sp³-hybridized carbons (Fsp3) is 0.250. The summed E-state index contributed by atoms with van der Waals surface area (Å²) in [6, 6.07) is 19.4. The van der Waals surface area contributed by atoms with Gasteiger partial charge in [-0.1, -0.05) is 12.1 Å². The highest BCUT2D eigenvalue weighted by atomic mass is 32.1. The van der Waals surface area contributed by atoms with E-state index in [1.165, 1.54) is 17.4 Å². The summed E-state index contributed by atoms with van der Waals surface area (Å²) in [6.45, 7) is 4.71. The van der Waals surface area contributed by atoms with Gasteiger partial charge < -0.3 is 20.1 Å². The molecule has 1 fully saturated rings. The van der Waals surface area contributed by atoms with Crippen molar-refractivity contribution in [3.05, 3.63) is 105 Å². The van der Waals surface area contributed by atoms with Crippen LogP contribution in [0.4, 0.5) is 21.5 Å². The predicted octanol–water partition coefficient (Wildman–Crippen LogP) is 5.92. The number of hydrogen-bond acceptors (Lipinski definition) is 7. The van der Waals surface area contributed by atoms with Crippen LogP contribution in [0.15, 0.2) is 72.1 Å². The minimum Gasteiger partial charge on any atom is -0.492 e. The number of fused-ring (bicyclic) bond motifs is 2. The molecule has 0 bridgehead atoms. The standard InChI is InChI=1S/C32H30FN3O4S/c33-28-10-7-24(19-29(28)35-32(38)30-2-1-17-41-30)34-23-6-9-26-22(18-23)4-3-21-5-8-25(20-27(21)31(26)37)40-16-13-36-11-14-39-15-12-36/h1-2,5-10,17-20,34H,3-4,11-16H2,(H,35,38). The number of benzene rings is 3. The highest BCUT2D eigenvalue weighted by Gasteiger charge is 2.22. The second-order valence-electron chi connectivity index (χ2n) is 10.1. The van der Waals surface area contributed by atoms with E-state index in [2.05, 4.69) is 15.5 Å². The zero-order chi connectivity index (χ0) is 28.2. The fourth-order valence-corrected chi connectivity index (χ4v) is 5.78. The molecule has 1 aromatic heterocycles. The molecule has 41 heavy (non-hydrogen) atoms. The lowest BCUT2D eigenvalue weighted by atomic mass is 9.98. The van der Waals surface area contributed by atoms with Crippen LogP contribution in [0.2, 0.25) is 0 Å². The molecule has 2 aliphatic rings. The van der Waals surface area contributed by atoms with Crippen LogP contribution in [-0.4, -0.2) is 56.0 Å². The first-order chi connectivity index (χ1) is 20.0. The molecule has 2 N–H and O–H groups in total. The minimum absolute atomic E-state index is 0.0157. The monoisotopic (exact) mass is 571 g/mol. The molecule has 1 aliphatic carbocycles. The number of aryl methyl sites for hydroxylation is 2. The van der Waals surface area contributed by atoms with Crippen molar-refractivity contribution in [3.8, 4) is 5.75 Å². The molecule has 0 atom stereocenters. The maximum absolute atomic E-state index is 14.4. The van der Waals surface area contributed by atoms with Crippen molar-refractivity contribution < 1.29 is 23.5 Å². The summed E-state index contributed by atoms with van der Waals surface area (Å²) in [5, 5.41) is 7.72. The topological polar surface area (TPSA) is 79.9 Å². The van der Waals surface area contributed by atoms with Gasteiger partial charge in [0.1, 0.15) is 18.2 Å². The number of carbonyl (C=O) groups excluding carboxylic acids is 2. The molecule has 9 heteroatoms. The van der Waals surface area contributed by atoms with E-state index < -0.39 is 5.82 Å². The van der Waals surface area contributed by atoms with E-state index >= 15 is 0 Å². The Kier molecular flexibility index (Phi) is 8.09. The van der Waals surface area contributed by atoms with Crippen molar-refractivity contribution >= 4 is 40.1 Å². The van der Waals surface area contributed by atoms with Crippen molar-refractivity contribution in [2.75, 3.05) is 50.1 Å². The molecule has 0 saturated carbocycles. The lowest BCUT2D eigenvalue weighted by molar-refractivity contribution is 0.0322. The number of rotatable bonds is 8. The Morgan fingerprint density at radius 3 is 2.59 bits per heavy atom. The highest BCUT2D eigenvalue weighted by molar-refractivity contribution is 7.12. The largest absolute Gasteiger partial charge is 0.492 e. The van der Waals surface area contributed by atoms with E-state index in [0.29, 0.717) is 40.5 Å². The SMILES string of the molecule is O=C(Nc1cc(Nc2ccc3c(c2)CCc2ccc(OCCN4CCOCC4)cc2C3=O)ccc1F)c1cccs1. The van der Waals surface area contributed by atoms with Crippen LogP contribution in [0.25, 0.3) is 0 Å². The quantitative estimate of drug-likeness (QED) is 0.273. The number of anilines is 3. The van der Waals surface area contributed by atoms with E-state index in [4.69, 9.17) is 9.47 Å². The zero-order valence-electron chi connectivity index (χ0n) is 22.5. The van der Waals surface area contributed by atoms with E-state index in [-0.39, 0.29) is 17.4 Å². The Bertz CT molecular complexity index is 1570. The third-order valence-electron chi connectivity index (χ3n) is 7.37. The van der Waals surface area contributed by atoms with Gasteiger partial charge in [0, 0.05) is 42.1 Å². The number of halogens is 1. The van der Waals surface area contributed by atoms with E-state index in [9.17, 15) is 14.0 Å². The molecule has 6 rings (SSSR count). The average molecular weight is 572 g/mol. The van der Waals surface area contributed by atoms with Gasteiger partial charge in [-0.2, -0.15) is 0 Å². The normalized spacial score (nSPS) is 15.0. The van der Waals surface area contributed by atoms with E-state index in [1.807, 2.05) is 36.4 Å². The Balaban J connectivity index is 1.14. The van der Waals surface area contributed by atoms with Crippen LogP contribution in [0.5, 0.6) is 5.75 Å². The number of hydrogen-bond donors (Lipinski definition) is 2. The molecular weight excluding hydrogens is 541 g/mol. The Morgan fingerprint density at radius 1 is 0.951 bits per heavy atom. The van der Waals surface area contributed by atoms with Crippen molar-refractivity contribution in [2.45, 2.75) is 12.8 Å². The third-order valence-corrected chi connectivity index (χ3v) is 8.24. The summed E-state index contributed by atoms with van der Waals surface area (Å²) < 4.78 is 25.8. The number of thiophene rings is 1. The Labute approximate surface area is 241 Å². The summed E-state index contributed by atoms with van der Waals surface area (Å²) in [5.41, 5.74) is 4.79. The van der Waals surface area contributed by atoms with Crippen LogP contribution in [0, 0.1) is 5.82 Å². The van der Waals surface area contributed by atoms with Gasteiger partial charge in [-0.05, 0) is 83.9 Å². The van der Waals surface area contributed by atoms with Crippen LogP contribution < -0.4 is 15.4 Å². The number of nitrogens with zero attached hydrogens (tertiary/aromatic N) is 1. The molecule has 0 spiro atoms. The fourth-order valence-electron chi connectivity index (χ4n) is 5.16. The van der Waals surface area contributed by atoms with Crippen molar-refractivity contribution in [1.29, 1.82) is 0 Å². The number of ketones is 1. The summed E-state index contributed by atoms with van der Waals surface area (Å²) in [6.07, 6.45) is 1.45. The maximum atomic E-state index is 14.4. The molecular formula is C32H30FN3O4S. The molecule has 1 aliphatic heterocycles. The predicted molar refractivity (Wildman–Crippen MR) is 158 cm³/mol. The lowest BCUT2D eigenvalue weighted by Crippen LogP contribution is -2.38. The number of carbonyl (C=O) groups is 2. The molecule has 1 amide bonds. The molecule has 0 radical (unpaired) electrons. The average Bonchev–Trinajstić information content (AvgIpc) is 3.50. The molecule has 1 saturated heterocycles. The van der Waals surface area contributed by atoms with Gasteiger partial charge >= 0.3 is 0 Å². The number of morpholine rings is 1. The zero-order valence-corrected chi connectivity index (χ0v) is 23.3. The molecule has 2 heterocycles. The van der Waals surface area contributed by atoms with Crippen LogP contribution in [0.1, 0.15) is 36.7 Å². The van der Waals surface area contributed by atoms with Crippen molar-refractivity contribution in [3.63, 3.8) is 0 Å². The second kappa shape index (κ2) is 12.2. The first-order valence-electron chi connectivity index (χ1n) is 13.7. The van der Waals surface area contributed by atoms with Gasteiger partial charge in [-0.15, -0.1) is 11.3 Å². The van der Waals surface area contributed by atoms with E-state index in [0.717, 1.165) is 56.1 Å². The molecule has 0 unspecified atom stereocenters. The number of ether oxygens (including phenoxy) is 2. The Morgan fingerprint density at radius 2 is 1.76 bits per heavy atom. The van der Waals surface area contributed by atoms with Crippen LogP contribution in [-0.2, 0) is 17.6 Å². The van der Waals surface area contributed by atoms with Gasteiger partial charge in [0.2, 0.25) is 0 Å². The summed E-state index contributed by atoms with van der Waals surface area (Å²) in [7, 11) is 0. The van der Waals surface area contributed by atoms with Gasteiger partial charge in [0.25, 0.3) is 5.91 Å². The molecule has 4 aromatic rings. The molecule has 210 valence electrons. The van der Waals surface area contributed by atoms with Gasteiger partial charge in [-0.25, -0.2) is 4.39 Å². The van der Waals surface area contributed by atoms with Crippen molar-refractivity contribution in [2.24, 2.45) is 0 Å². The smallest absolute Gasteiger partial charge is 0.265 e. The number of nitrogens with one attached hydrogen (secondary N) is 2. The first kappa shape index (κ1) is 27.1. The van der Waals surface area contributed by atoms with Crippen LogP contribution >= 0.6 is 11.3 Å². The van der Waals surface area contributed by atoms with Gasteiger partial charge in [0.05, 0.1) is 23.8 Å². The molecule has 3 aromatic carbocycles. The third kappa shape index (κ3) is 6.32. The number of amides is 1. The summed E-state index contributed by atoms with van der Waals surface area (Å²) in [5.74, 6) is -0.191. The maximum Gasteiger partial charge on any atom is 0.265 e.